The zero-order valence-corrected chi connectivity index (χ0v) is 7.07. The van der Waals surface area contributed by atoms with Gasteiger partial charge in [-0.2, -0.15) is 5.10 Å². The second-order valence-electron chi connectivity index (χ2n) is 2.30. The number of carbonyl (C=O) groups is 1. The topological polar surface area (TPSA) is 70.1 Å². The quantitative estimate of drug-likeness (QED) is 0.641. The fraction of sp³-hybridized carbons (Fsp3) is 0.429. The predicted octanol–water partition coefficient (Wildman–Crippen LogP) is 0.179. The summed E-state index contributed by atoms with van der Waals surface area (Å²) in [4.78, 5) is 11.1. The summed E-state index contributed by atoms with van der Waals surface area (Å²) >= 11 is 0. The van der Waals surface area contributed by atoms with Gasteiger partial charge in [-0.3, -0.25) is 4.68 Å². The molecule has 1 heterocycles. The van der Waals surface area contributed by atoms with Crippen molar-refractivity contribution >= 4 is 11.8 Å². The molecule has 0 bridgehead atoms. The third-order valence-corrected chi connectivity index (χ3v) is 1.40. The molecule has 0 spiro atoms. The predicted molar refractivity (Wildman–Crippen MR) is 43.6 cm³/mol. The van der Waals surface area contributed by atoms with Crippen molar-refractivity contribution in [2.75, 3.05) is 12.3 Å². The number of hydrogen-bond donors (Lipinski definition) is 1. The second-order valence-corrected chi connectivity index (χ2v) is 2.30. The monoisotopic (exact) mass is 169 g/mol. The number of nitrogens with two attached hydrogens (primary N) is 1. The third-order valence-electron chi connectivity index (χ3n) is 1.40. The van der Waals surface area contributed by atoms with Gasteiger partial charge in [0.15, 0.2) is 5.69 Å². The van der Waals surface area contributed by atoms with Crippen LogP contribution in [0, 0.1) is 0 Å². The van der Waals surface area contributed by atoms with E-state index in [1.807, 2.05) is 0 Å². The molecule has 1 aromatic heterocycles. The van der Waals surface area contributed by atoms with Gasteiger partial charge in [0.05, 0.1) is 6.61 Å². The van der Waals surface area contributed by atoms with Gasteiger partial charge in [0, 0.05) is 13.1 Å². The van der Waals surface area contributed by atoms with Crippen molar-refractivity contribution in [2.24, 2.45) is 7.05 Å². The average molecular weight is 169 g/mol. The van der Waals surface area contributed by atoms with E-state index in [4.69, 9.17) is 10.5 Å². The largest absolute Gasteiger partial charge is 0.461 e. The molecule has 0 atom stereocenters. The molecule has 12 heavy (non-hydrogen) atoms. The number of rotatable bonds is 2. The fourth-order valence-electron chi connectivity index (χ4n) is 0.786. The first-order chi connectivity index (χ1) is 5.65. The summed E-state index contributed by atoms with van der Waals surface area (Å²) < 4.78 is 6.15. The Bertz CT molecular complexity index is 273. The van der Waals surface area contributed by atoms with Crippen molar-refractivity contribution in [3.05, 3.63) is 11.8 Å². The van der Waals surface area contributed by atoms with Crippen LogP contribution < -0.4 is 5.73 Å². The van der Waals surface area contributed by atoms with E-state index in [1.54, 1.807) is 14.0 Å². The van der Waals surface area contributed by atoms with Gasteiger partial charge in [0.2, 0.25) is 0 Å². The lowest BCUT2D eigenvalue weighted by molar-refractivity contribution is 0.0518. The molecule has 0 radical (unpaired) electrons. The molecule has 5 nitrogen and oxygen atoms in total. The molecule has 0 amide bonds. The van der Waals surface area contributed by atoms with E-state index in [-0.39, 0.29) is 5.69 Å². The number of aromatic nitrogens is 2. The minimum absolute atomic E-state index is 0.247. The van der Waals surface area contributed by atoms with E-state index in [1.165, 1.54) is 10.7 Å². The summed E-state index contributed by atoms with van der Waals surface area (Å²) in [5.41, 5.74) is 5.71. The minimum Gasteiger partial charge on any atom is -0.461 e. The Balaban J connectivity index is 2.82. The highest BCUT2D eigenvalue weighted by Gasteiger charge is 2.11. The first-order valence-corrected chi connectivity index (χ1v) is 3.61. The Hall–Kier alpha value is -1.52. The van der Waals surface area contributed by atoms with Crippen molar-refractivity contribution in [1.82, 2.24) is 9.78 Å². The minimum atomic E-state index is -0.440. The number of ether oxygens (including phenoxy) is 1. The van der Waals surface area contributed by atoms with Crippen LogP contribution in [-0.4, -0.2) is 22.4 Å². The maximum absolute atomic E-state index is 11.1. The van der Waals surface area contributed by atoms with E-state index in [0.29, 0.717) is 12.4 Å². The van der Waals surface area contributed by atoms with Crippen LogP contribution in [0.1, 0.15) is 17.4 Å². The second kappa shape index (κ2) is 3.25. The highest BCUT2D eigenvalue weighted by atomic mass is 16.5. The highest BCUT2D eigenvalue weighted by molar-refractivity contribution is 5.88. The smallest absolute Gasteiger partial charge is 0.358 e. The van der Waals surface area contributed by atoms with E-state index in [2.05, 4.69) is 5.10 Å². The van der Waals surface area contributed by atoms with Crippen molar-refractivity contribution in [3.8, 4) is 0 Å². The summed E-state index contributed by atoms with van der Waals surface area (Å²) in [6, 6.07) is 1.48. The molecule has 0 aliphatic carbocycles. The van der Waals surface area contributed by atoms with Gasteiger partial charge in [0.25, 0.3) is 0 Å². The Kier molecular flexibility index (Phi) is 2.32. The van der Waals surface area contributed by atoms with Crippen LogP contribution in [0.5, 0.6) is 0 Å². The number of aryl methyl sites for hydroxylation is 1. The molecule has 0 aliphatic heterocycles. The summed E-state index contributed by atoms with van der Waals surface area (Å²) in [5.74, 6) is 0.00264. The SMILES string of the molecule is CCOC(=O)c1cc(N)n(C)n1. The molecule has 0 unspecified atom stereocenters. The lowest BCUT2D eigenvalue weighted by Gasteiger charge is -1.95. The molecule has 66 valence electrons. The van der Waals surface area contributed by atoms with Crippen LogP contribution in [0.3, 0.4) is 0 Å². The van der Waals surface area contributed by atoms with Crippen LogP contribution in [0.4, 0.5) is 5.82 Å². The lowest BCUT2D eigenvalue weighted by atomic mass is 10.4. The van der Waals surface area contributed by atoms with Crippen LogP contribution in [0.25, 0.3) is 0 Å². The molecule has 0 fully saturated rings. The molecule has 5 heteroatoms. The standard InChI is InChI=1S/C7H11N3O2/c1-3-12-7(11)5-4-6(8)10(2)9-5/h4H,3,8H2,1-2H3. The van der Waals surface area contributed by atoms with Crippen LogP contribution >= 0.6 is 0 Å². The zero-order chi connectivity index (χ0) is 9.14. The lowest BCUT2D eigenvalue weighted by Crippen LogP contribution is -2.06. The van der Waals surface area contributed by atoms with Gasteiger partial charge < -0.3 is 10.5 Å². The van der Waals surface area contributed by atoms with E-state index < -0.39 is 5.97 Å². The van der Waals surface area contributed by atoms with Gasteiger partial charge in [0.1, 0.15) is 5.82 Å². The number of esters is 1. The summed E-state index contributed by atoms with van der Waals surface area (Å²) in [7, 11) is 1.66. The highest BCUT2D eigenvalue weighted by Crippen LogP contribution is 2.05. The van der Waals surface area contributed by atoms with Gasteiger partial charge in [-0.1, -0.05) is 0 Å². The Labute approximate surface area is 70.1 Å². The van der Waals surface area contributed by atoms with Crippen molar-refractivity contribution in [3.63, 3.8) is 0 Å². The number of nitrogen functional groups attached to an aromatic ring is 1. The number of nitrogens with zero attached hydrogens (tertiary/aromatic N) is 2. The summed E-state index contributed by atoms with van der Waals surface area (Å²) in [6.45, 7) is 2.08. The number of anilines is 1. The van der Waals surface area contributed by atoms with Gasteiger partial charge in [-0.25, -0.2) is 4.79 Å². The first-order valence-electron chi connectivity index (χ1n) is 3.61. The molecular formula is C7H11N3O2. The van der Waals surface area contributed by atoms with Crippen molar-refractivity contribution in [1.29, 1.82) is 0 Å². The molecule has 1 aromatic rings. The van der Waals surface area contributed by atoms with Crippen LogP contribution in [0.15, 0.2) is 6.07 Å². The van der Waals surface area contributed by atoms with E-state index in [9.17, 15) is 4.79 Å². The molecule has 0 aliphatic rings. The fourth-order valence-corrected chi connectivity index (χ4v) is 0.786. The molecule has 0 saturated carbocycles. The van der Waals surface area contributed by atoms with Crippen molar-refractivity contribution in [2.45, 2.75) is 6.92 Å². The molecule has 0 aromatic carbocycles. The molecule has 0 saturated heterocycles. The molecule has 2 N–H and O–H groups in total. The summed E-state index contributed by atoms with van der Waals surface area (Å²) in [5, 5.41) is 3.85. The Morgan fingerprint density at radius 2 is 2.50 bits per heavy atom. The Morgan fingerprint density at radius 3 is 2.92 bits per heavy atom. The summed E-state index contributed by atoms with van der Waals surface area (Å²) in [6.07, 6.45) is 0. The molecular weight excluding hydrogens is 158 g/mol. The maximum Gasteiger partial charge on any atom is 0.358 e. The van der Waals surface area contributed by atoms with Crippen LogP contribution in [0.2, 0.25) is 0 Å². The normalized spacial score (nSPS) is 9.83. The van der Waals surface area contributed by atoms with Gasteiger partial charge in [-0.05, 0) is 6.92 Å². The first kappa shape index (κ1) is 8.58. The number of hydrogen-bond acceptors (Lipinski definition) is 4. The van der Waals surface area contributed by atoms with Gasteiger partial charge in [-0.15, -0.1) is 0 Å². The third kappa shape index (κ3) is 1.55. The van der Waals surface area contributed by atoms with E-state index >= 15 is 0 Å². The van der Waals surface area contributed by atoms with Crippen LogP contribution in [-0.2, 0) is 11.8 Å². The Morgan fingerprint density at radius 1 is 1.83 bits per heavy atom. The number of carbonyl (C=O) groups excluding carboxylic acids is 1. The average Bonchev–Trinajstić information content (AvgIpc) is 2.33. The molecule has 1 rings (SSSR count). The van der Waals surface area contributed by atoms with E-state index in [0.717, 1.165) is 0 Å². The van der Waals surface area contributed by atoms with Gasteiger partial charge >= 0.3 is 5.97 Å². The zero-order valence-electron chi connectivity index (χ0n) is 7.07. The maximum atomic E-state index is 11.1. The van der Waals surface area contributed by atoms with Crippen molar-refractivity contribution < 1.29 is 9.53 Å².